The summed E-state index contributed by atoms with van der Waals surface area (Å²) < 4.78 is 173. The maximum absolute atomic E-state index is 12.6. The van der Waals surface area contributed by atoms with Crippen LogP contribution < -0.4 is 35.1 Å². The molecule has 0 aliphatic carbocycles. The molecule has 0 bridgehead atoms. The second kappa shape index (κ2) is 30.4. The van der Waals surface area contributed by atoms with E-state index in [1.807, 2.05) is 9.80 Å². The molecule has 446 valence electrons. The molecule has 0 unspecified atom stereocenters. The number of carbonyl (C=O) groups excluding carboxylic acids is 1. The van der Waals surface area contributed by atoms with Gasteiger partial charge in [0.1, 0.15) is 24.4 Å². The van der Waals surface area contributed by atoms with Crippen molar-refractivity contribution in [2.24, 2.45) is 5.73 Å². The minimum absolute atomic E-state index is 0. The number of halogens is 14. The molecule has 83 heavy (non-hydrogen) atoms. The topological polar surface area (TPSA) is 231 Å². The summed E-state index contributed by atoms with van der Waals surface area (Å²) in [5, 5.41) is 12.3. The van der Waals surface area contributed by atoms with E-state index in [9.17, 15) is 48.7 Å². The van der Waals surface area contributed by atoms with E-state index in [2.05, 4.69) is 25.1 Å². The molecule has 1 amide bonds. The van der Waals surface area contributed by atoms with Crippen molar-refractivity contribution in [2.75, 3.05) is 49.1 Å². The summed E-state index contributed by atoms with van der Waals surface area (Å²) in [4.78, 5) is 30.0. The van der Waals surface area contributed by atoms with E-state index in [-0.39, 0.29) is 58.9 Å². The van der Waals surface area contributed by atoms with Crippen molar-refractivity contribution in [1.29, 1.82) is 5.26 Å². The predicted octanol–water partition coefficient (Wildman–Crippen LogP) is 12.4. The number of rotatable bonds is 9. The van der Waals surface area contributed by atoms with Gasteiger partial charge in [-0.1, -0.05) is 59.1 Å². The minimum Gasteiger partial charge on any atom is -0.473 e. The number of anilines is 2. The van der Waals surface area contributed by atoms with Crippen molar-refractivity contribution in [3.05, 3.63) is 170 Å². The van der Waals surface area contributed by atoms with Gasteiger partial charge >= 0.3 is 28.9 Å². The van der Waals surface area contributed by atoms with Crippen molar-refractivity contribution >= 4 is 80.6 Å². The Hall–Kier alpha value is -7.15. The van der Waals surface area contributed by atoms with E-state index in [0.29, 0.717) is 78.2 Å². The standard InChI is InChI=1S/C17H15ClF3N3O2.C17H13ClF3N3O.C10H11F3N2O.C7H3ClFN.ClH.H2O4S/c18-13-3-1-2-12(16(22)25)15(13)24-7-6-11(9-24)26-14-5-4-10(8-23-14)17(19,20)21;1-22-14-4-2-3-13(18)16(14)24-8-7-12(10-24)25-15-6-5-11(9-23-15)17(19,20)21;11-10(12,13)7-1-2-9(15-5-7)16-8-3-4-14-6-8;8-6-3-1-2-5(4-10)7(6)9;;1-5(2,3)4/h1-5,8,11H,6-7,9H2,(H2,22,25);2-6,9,12H,7-8,10H2;1-2,5,8,14H,3-4,6H2;1-3H;1H;(H2,1,2,3,4)/t11-;12-;8-;;;/m111.../s1. The molecule has 5 N–H and O–H groups in total. The molecule has 3 atom stereocenters. The number of benzene rings is 3. The number of carbonyl (C=O) groups is 1. The molecule has 3 fully saturated rings. The third-order valence-corrected chi connectivity index (χ3v) is 12.3. The highest BCUT2D eigenvalue weighted by Gasteiger charge is 2.34. The highest BCUT2D eigenvalue weighted by molar-refractivity contribution is 7.79. The average Bonchev–Trinajstić information content (AvgIpc) is 4.24. The molecule has 6 heterocycles. The van der Waals surface area contributed by atoms with Crippen molar-refractivity contribution in [3.8, 4) is 23.7 Å². The zero-order chi connectivity index (χ0) is 60.6. The zero-order valence-electron chi connectivity index (χ0n) is 42.3. The third kappa shape index (κ3) is 21.5. The van der Waals surface area contributed by atoms with Crippen molar-refractivity contribution in [3.63, 3.8) is 0 Å². The second-order valence-corrected chi connectivity index (χ2v) is 19.3. The molecule has 17 nitrogen and oxygen atoms in total. The van der Waals surface area contributed by atoms with Gasteiger partial charge in [-0.2, -0.15) is 53.2 Å². The van der Waals surface area contributed by atoms with Crippen LogP contribution in [-0.2, 0) is 28.9 Å². The fourth-order valence-corrected chi connectivity index (χ4v) is 8.44. The molecular weight excluding hydrogens is 1230 g/mol. The van der Waals surface area contributed by atoms with Crippen LogP contribution in [0.5, 0.6) is 17.6 Å². The summed E-state index contributed by atoms with van der Waals surface area (Å²) in [5.41, 5.74) is 4.94. The van der Waals surface area contributed by atoms with E-state index in [1.54, 1.807) is 42.5 Å². The normalized spacial score (nSPS) is 16.5. The van der Waals surface area contributed by atoms with Crippen LogP contribution in [0.3, 0.4) is 0 Å². The van der Waals surface area contributed by atoms with Crippen LogP contribution in [0.25, 0.3) is 4.85 Å². The van der Waals surface area contributed by atoms with Crippen molar-refractivity contribution in [2.45, 2.75) is 56.1 Å². The van der Waals surface area contributed by atoms with Gasteiger partial charge in [0.15, 0.2) is 5.82 Å². The van der Waals surface area contributed by atoms with Crippen molar-refractivity contribution in [1.82, 2.24) is 20.3 Å². The Morgan fingerprint density at radius 3 is 1.46 bits per heavy atom. The van der Waals surface area contributed by atoms with E-state index >= 15 is 0 Å². The van der Waals surface area contributed by atoms with Gasteiger partial charge in [-0.25, -0.2) is 24.2 Å². The first kappa shape index (κ1) is 68.3. The lowest BCUT2D eigenvalue weighted by Crippen LogP contribution is -2.27. The Morgan fingerprint density at radius 2 is 1.08 bits per heavy atom. The Morgan fingerprint density at radius 1 is 0.675 bits per heavy atom. The number of primary amides is 1. The van der Waals surface area contributed by atoms with Gasteiger partial charge in [-0.15, -0.1) is 12.4 Å². The first-order valence-electron chi connectivity index (χ1n) is 23.5. The summed E-state index contributed by atoms with van der Waals surface area (Å²) in [6.45, 7) is 10.9. The molecular formula is C51H45Cl4F10N9O8S. The summed E-state index contributed by atoms with van der Waals surface area (Å²) in [5.74, 6) is -0.742. The molecule has 6 aromatic rings. The largest absolute Gasteiger partial charge is 0.473 e. The van der Waals surface area contributed by atoms with Gasteiger partial charge in [-0.3, -0.25) is 13.9 Å². The Labute approximate surface area is 488 Å². The Bertz CT molecular complexity index is 3300. The smallest absolute Gasteiger partial charge is 0.417 e. The molecule has 3 aliphatic heterocycles. The van der Waals surface area contributed by atoms with Gasteiger partial charge in [0.2, 0.25) is 23.3 Å². The van der Waals surface area contributed by atoms with E-state index in [4.69, 9.17) is 84.1 Å². The number of aromatic nitrogens is 3. The molecule has 32 heteroatoms. The number of nitrogens with two attached hydrogens (primary N) is 1. The van der Waals surface area contributed by atoms with Gasteiger partial charge in [0, 0.05) is 69.3 Å². The Kier molecular flexibility index (Phi) is 25.0. The SMILES string of the molecule is Cl.FC(F)(F)c1ccc(O[C@@H]2CCNC2)nc1.N#Cc1cccc(Cl)c1F.NC(=O)c1cccc(Cl)c1N1CC[C@@H](Oc2ccc(C(F)(F)F)cn2)C1.O=S(=O)(O)O.[C-]#[N+]c1cccc(Cl)c1N1CC[C@@H](Oc2ccc(C(F)(F)F)cn2)C1. The number of amides is 1. The molecule has 3 aromatic carbocycles. The Balaban J connectivity index is 0.000000241. The quantitative estimate of drug-likeness (QED) is 0.0599. The van der Waals surface area contributed by atoms with Gasteiger partial charge < -0.3 is 35.1 Å². The number of ether oxygens (including phenoxy) is 3. The number of nitriles is 1. The highest BCUT2D eigenvalue weighted by atomic mass is 35.5. The zero-order valence-corrected chi connectivity index (χ0v) is 46.2. The first-order chi connectivity index (χ1) is 38.4. The number of nitrogens with zero attached hydrogens (tertiary/aromatic N) is 7. The van der Waals surface area contributed by atoms with E-state index < -0.39 is 57.3 Å². The lowest BCUT2D eigenvalue weighted by molar-refractivity contribution is -0.138. The molecule has 3 saturated heterocycles. The van der Waals surface area contributed by atoms with Gasteiger partial charge in [0.05, 0.1) is 73.9 Å². The summed E-state index contributed by atoms with van der Waals surface area (Å²) in [6, 6.07) is 22.5. The predicted molar refractivity (Wildman–Crippen MR) is 287 cm³/mol. The van der Waals surface area contributed by atoms with Crippen LogP contribution in [0, 0.1) is 23.7 Å². The fraction of sp³-hybridized carbons (Fsp3) is 0.294. The second-order valence-electron chi connectivity index (χ2n) is 17.2. The van der Waals surface area contributed by atoms with Crippen LogP contribution in [0.1, 0.15) is 51.9 Å². The van der Waals surface area contributed by atoms with Crippen LogP contribution >= 0.6 is 47.2 Å². The summed E-state index contributed by atoms with van der Waals surface area (Å²) in [7, 11) is -4.67. The van der Waals surface area contributed by atoms with E-state index in [1.165, 1.54) is 36.4 Å². The van der Waals surface area contributed by atoms with Crippen LogP contribution in [-0.4, -0.2) is 96.0 Å². The van der Waals surface area contributed by atoms with Crippen LogP contribution in [0.2, 0.25) is 15.1 Å². The molecule has 0 spiro atoms. The summed E-state index contributed by atoms with van der Waals surface area (Å²) >= 11 is 17.8. The number of hydrogen-bond acceptors (Lipinski definition) is 13. The highest BCUT2D eigenvalue weighted by Crippen LogP contribution is 2.39. The molecule has 3 aromatic heterocycles. The number of hydrogen-bond donors (Lipinski definition) is 4. The number of pyridine rings is 3. The first-order valence-corrected chi connectivity index (χ1v) is 26.1. The monoisotopic (exact) mass is 1270 g/mol. The maximum atomic E-state index is 12.6. The van der Waals surface area contributed by atoms with Crippen molar-refractivity contribution < 1.29 is 80.4 Å². The molecule has 0 saturated carbocycles. The maximum Gasteiger partial charge on any atom is 0.417 e. The minimum atomic E-state index is -4.67. The third-order valence-electron chi connectivity index (χ3n) is 11.4. The summed E-state index contributed by atoms with van der Waals surface area (Å²) in [6.07, 6.45) is -9.34. The van der Waals surface area contributed by atoms with Gasteiger partial charge in [0.25, 0.3) is 5.91 Å². The lowest BCUT2D eigenvalue weighted by Gasteiger charge is -2.22. The molecule has 3 aliphatic rings. The van der Waals surface area contributed by atoms with Gasteiger partial charge in [-0.05, 0) is 61.5 Å². The molecule has 0 radical (unpaired) electrons. The van der Waals surface area contributed by atoms with E-state index in [0.717, 1.165) is 49.8 Å². The fourth-order valence-electron chi connectivity index (χ4n) is 7.68. The number of para-hydroxylation sites is 2. The average molecular weight is 1280 g/mol. The molecule has 9 rings (SSSR count). The lowest BCUT2D eigenvalue weighted by atomic mass is 10.1. The van der Waals surface area contributed by atoms with Crippen LogP contribution in [0.4, 0.5) is 61.0 Å². The van der Waals surface area contributed by atoms with Crippen LogP contribution in [0.15, 0.2) is 110 Å². The number of alkyl halides is 9. The number of nitrogens with one attached hydrogen (secondary N) is 1.